The molecule has 1 amide bonds. The third kappa shape index (κ3) is 4.88. The van der Waals surface area contributed by atoms with E-state index >= 15 is 0 Å². The predicted octanol–water partition coefficient (Wildman–Crippen LogP) is 5.74. The average molecular weight is 425 g/mol. The van der Waals surface area contributed by atoms with E-state index < -0.39 is 5.91 Å². The molecule has 0 aliphatic rings. The van der Waals surface area contributed by atoms with Gasteiger partial charge in [-0.15, -0.1) is 0 Å². The normalized spacial score (nSPS) is 11.0. The summed E-state index contributed by atoms with van der Waals surface area (Å²) in [6, 6.07) is 22.4. The van der Waals surface area contributed by atoms with Crippen molar-refractivity contribution in [3.8, 4) is 6.07 Å². The first kappa shape index (κ1) is 18.1. The number of furan rings is 1. The van der Waals surface area contributed by atoms with Crippen molar-refractivity contribution < 1.29 is 9.21 Å². The molecule has 0 unspecified atom stereocenters. The zero-order valence-corrected chi connectivity index (χ0v) is 15.9. The summed E-state index contributed by atoms with van der Waals surface area (Å²) in [5, 5.41) is 12.7. The molecular weight excluding hydrogens is 412 g/mol. The monoisotopic (exact) mass is 424 g/mol. The van der Waals surface area contributed by atoms with Gasteiger partial charge in [-0.25, -0.2) is 0 Å². The summed E-state index contributed by atoms with van der Waals surface area (Å²) < 4.78 is 6.53. The summed E-state index contributed by atoms with van der Waals surface area (Å²) in [5.74, 6) is -0.0383. The smallest absolute Gasteiger partial charge is 0.266 e. The summed E-state index contributed by atoms with van der Waals surface area (Å²) in [5.41, 5.74) is 0.570. The third-order valence-electron chi connectivity index (χ3n) is 3.30. The van der Waals surface area contributed by atoms with Crippen molar-refractivity contribution in [2.45, 2.75) is 9.99 Å². The third-order valence-corrected chi connectivity index (χ3v) is 4.72. The molecule has 0 aliphatic carbocycles. The van der Waals surface area contributed by atoms with E-state index in [1.54, 1.807) is 24.3 Å². The second kappa shape index (κ2) is 8.56. The number of nitriles is 1. The van der Waals surface area contributed by atoms with Crippen molar-refractivity contribution >= 4 is 45.4 Å². The number of anilines is 1. The molecule has 2 aromatic carbocycles. The Labute approximate surface area is 163 Å². The lowest BCUT2D eigenvalue weighted by Crippen LogP contribution is -2.13. The van der Waals surface area contributed by atoms with Crippen molar-refractivity contribution in [2.75, 3.05) is 5.32 Å². The molecule has 1 heterocycles. The van der Waals surface area contributed by atoms with E-state index in [2.05, 4.69) is 21.2 Å². The molecule has 3 aromatic rings. The molecule has 0 saturated heterocycles. The molecule has 128 valence electrons. The van der Waals surface area contributed by atoms with Gasteiger partial charge in [-0.1, -0.05) is 52.0 Å². The van der Waals surface area contributed by atoms with Gasteiger partial charge in [0.25, 0.3) is 5.91 Å². The van der Waals surface area contributed by atoms with Gasteiger partial charge in [0.1, 0.15) is 17.4 Å². The van der Waals surface area contributed by atoms with Crippen LogP contribution in [0, 0.1) is 11.3 Å². The molecule has 0 bridgehead atoms. The number of amides is 1. The maximum atomic E-state index is 12.3. The fourth-order valence-corrected chi connectivity index (χ4v) is 3.33. The fourth-order valence-electron chi connectivity index (χ4n) is 2.13. The summed E-state index contributed by atoms with van der Waals surface area (Å²) >= 11 is 4.81. The van der Waals surface area contributed by atoms with Gasteiger partial charge in [-0.2, -0.15) is 5.26 Å². The standard InChI is InChI=1S/C20H13BrN2O2S/c21-15-5-4-6-16(12-15)23-20(24)14(13-22)11-17-9-10-19(25-17)26-18-7-2-1-3-8-18/h1-12H,(H,23,24)/b14-11-. The largest absolute Gasteiger partial charge is 0.450 e. The minimum Gasteiger partial charge on any atom is -0.450 e. The lowest BCUT2D eigenvalue weighted by atomic mass is 10.2. The van der Waals surface area contributed by atoms with Crippen LogP contribution < -0.4 is 5.32 Å². The number of hydrogen-bond acceptors (Lipinski definition) is 4. The topological polar surface area (TPSA) is 66.0 Å². The Morgan fingerprint density at radius 3 is 2.65 bits per heavy atom. The quantitative estimate of drug-likeness (QED) is 0.418. The molecule has 0 fully saturated rings. The van der Waals surface area contributed by atoms with Crippen LogP contribution in [-0.2, 0) is 4.79 Å². The van der Waals surface area contributed by atoms with Gasteiger partial charge in [-0.05, 0) is 42.5 Å². The van der Waals surface area contributed by atoms with Crippen molar-refractivity contribution in [1.82, 2.24) is 0 Å². The molecule has 4 nitrogen and oxygen atoms in total. The van der Waals surface area contributed by atoms with Gasteiger partial charge in [0.05, 0.1) is 0 Å². The molecule has 26 heavy (non-hydrogen) atoms. The molecule has 6 heteroatoms. The van der Waals surface area contributed by atoms with Crippen LogP contribution in [0.2, 0.25) is 0 Å². The second-order valence-electron chi connectivity index (χ2n) is 5.21. The van der Waals surface area contributed by atoms with Gasteiger partial charge in [0.2, 0.25) is 0 Å². The number of benzene rings is 2. The summed E-state index contributed by atoms with van der Waals surface area (Å²) in [6.45, 7) is 0. The number of hydrogen-bond donors (Lipinski definition) is 1. The Hall–Kier alpha value is -2.75. The van der Waals surface area contributed by atoms with Gasteiger partial charge in [-0.3, -0.25) is 4.79 Å². The number of halogens is 1. The molecule has 0 atom stereocenters. The van der Waals surface area contributed by atoms with E-state index in [-0.39, 0.29) is 5.57 Å². The Kier molecular flexibility index (Phi) is 5.95. The highest BCUT2D eigenvalue weighted by Gasteiger charge is 2.11. The summed E-state index contributed by atoms with van der Waals surface area (Å²) in [6.07, 6.45) is 1.43. The van der Waals surface area contributed by atoms with Gasteiger partial charge in [0, 0.05) is 21.1 Å². The van der Waals surface area contributed by atoms with E-state index in [0.717, 1.165) is 9.37 Å². The van der Waals surface area contributed by atoms with Crippen molar-refractivity contribution in [3.63, 3.8) is 0 Å². The fraction of sp³-hybridized carbons (Fsp3) is 0. The van der Waals surface area contributed by atoms with Crippen LogP contribution in [0.4, 0.5) is 5.69 Å². The number of carbonyl (C=O) groups excluding carboxylic acids is 1. The Balaban J connectivity index is 1.72. The van der Waals surface area contributed by atoms with E-state index in [1.165, 1.54) is 17.8 Å². The number of nitrogens with one attached hydrogen (secondary N) is 1. The number of carbonyl (C=O) groups is 1. The first-order valence-corrected chi connectivity index (χ1v) is 9.26. The highest BCUT2D eigenvalue weighted by Crippen LogP contribution is 2.29. The first-order valence-electron chi connectivity index (χ1n) is 7.65. The Bertz CT molecular complexity index is 990. The van der Waals surface area contributed by atoms with Gasteiger partial charge >= 0.3 is 0 Å². The second-order valence-corrected chi connectivity index (χ2v) is 7.20. The van der Waals surface area contributed by atoms with Crippen molar-refractivity contribution in [1.29, 1.82) is 5.26 Å². The van der Waals surface area contributed by atoms with E-state index in [9.17, 15) is 10.1 Å². The minimum absolute atomic E-state index is 0.0319. The molecule has 0 aliphatic heterocycles. The highest BCUT2D eigenvalue weighted by atomic mass is 79.9. The van der Waals surface area contributed by atoms with Crippen LogP contribution in [0.25, 0.3) is 6.08 Å². The van der Waals surface area contributed by atoms with Gasteiger partial charge < -0.3 is 9.73 Å². The van der Waals surface area contributed by atoms with E-state index in [4.69, 9.17) is 4.42 Å². The molecule has 1 N–H and O–H groups in total. The first-order chi connectivity index (χ1) is 12.6. The molecule has 3 rings (SSSR count). The maximum Gasteiger partial charge on any atom is 0.266 e. The summed E-state index contributed by atoms with van der Waals surface area (Å²) in [7, 11) is 0. The molecule has 0 saturated carbocycles. The molecular formula is C20H13BrN2O2S. The predicted molar refractivity (Wildman–Crippen MR) is 106 cm³/mol. The van der Waals surface area contributed by atoms with Crippen LogP contribution in [0.1, 0.15) is 5.76 Å². The Morgan fingerprint density at radius 2 is 1.92 bits per heavy atom. The lowest BCUT2D eigenvalue weighted by molar-refractivity contribution is -0.112. The van der Waals surface area contributed by atoms with Crippen molar-refractivity contribution in [3.05, 3.63) is 82.5 Å². The number of nitrogens with zero attached hydrogens (tertiary/aromatic N) is 1. The van der Waals surface area contributed by atoms with E-state index in [1.807, 2.05) is 48.5 Å². The van der Waals surface area contributed by atoms with Crippen LogP contribution in [0.15, 0.2) is 91.2 Å². The van der Waals surface area contributed by atoms with Crippen molar-refractivity contribution in [2.24, 2.45) is 0 Å². The molecule has 1 aromatic heterocycles. The average Bonchev–Trinajstić information content (AvgIpc) is 3.07. The Morgan fingerprint density at radius 1 is 1.12 bits per heavy atom. The maximum absolute atomic E-state index is 12.3. The zero-order valence-electron chi connectivity index (χ0n) is 13.5. The van der Waals surface area contributed by atoms with Gasteiger partial charge in [0.15, 0.2) is 5.09 Å². The molecule has 0 radical (unpaired) electrons. The van der Waals surface area contributed by atoms with E-state index in [0.29, 0.717) is 16.5 Å². The number of rotatable bonds is 5. The summed E-state index contributed by atoms with van der Waals surface area (Å²) in [4.78, 5) is 13.3. The molecule has 0 spiro atoms. The van der Waals surface area contributed by atoms with Crippen LogP contribution >= 0.6 is 27.7 Å². The van der Waals surface area contributed by atoms with Crippen LogP contribution in [0.5, 0.6) is 0 Å². The highest BCUT2D eigenvalue weighted by molar-refractivity contribution is 9.10. The lowest BCUT2D eigenvalue weighted by Gasteiger charge is -2.04. The zero-order chi connectivity index (χ0) is 18.4. The van der Waals surface area contributed by atoms with Crippen LogP contribution in [0.3, 0.4) is 0 Å². The van der Waals surface area contributed by atoms with Crippen LogP contribution in [-0.4, -0.2) is 5.91 Å². The minimum atomic E-state index is -0.487. The SMILES string of the molecule is N#C/C(=C/c1ccc(Sc2ccccc2)o1)C(=O)Nc1cccc(Br)c1.